The number of ether oxygens (including phenoxy) is 1. The van der Waals surface area contributed by atoms with E-state index in [1.54, 1.807) is 7.11 Å². The molecule has 0 amide bonds. The molecule has 0 bridgehead atoms. The van der Waals surface area contributed by atoms with E-state index in [1.807, 2.05) is 6.07 Å². The highest BCUT2D eigenvalue weighted by molar-refractivity contribution is 6.17. The van der Waals surface area contributed by atoms with Gasteiger partial charge in [-0.15, -0.1) is 11.6 Å². The van der Waals surface area contributed by atoms with E-state index < -0.39 is 0 Å². The lowest BCUT2D eigenvalue weighted by molar-refractivity contribution is 0.250. The number of halogens is 1. The van der Waals surface area contributed by atoms with Crippen LogP contribution in [0.1, 0.15) is 11.1 Å². The molecule has 122 valence electrons. The van der Waals surface area contributed by atoms with Crippen LogP contribution in [0.5, 0.6) is 5.75 Å². The maximum Gasteiger partial charge on any atom is 0.120 e. The molecule has 0 saturated carbocycles. The van der Waals surface area contributed by atoms with Gasteiger partial charge >= 0.3 is 0 Å². The number of piperazine rings is 1. The molecule has 0 atom stereocenters. The number of hydrogen-bond donors (Lipinski definition) is 0. The summed E-state index contributed by atoms with van der Waals surface area (Å²) >= 11 is 5.84. The monoisotopic (exact) mass is 330 g/mol. The minimum Gasteiger partial charge on any atom is -0.497 e. The number of hydrogen-bond acceptors (Lipinski definition) is 3. The van der Waals surface area contributed by atoms with Crippen LogP contribution in [0.4, 0.5) is 5.69 Å². The summed E-state index contributed by atoms with van der Waals surface area (Å²) in [6.45, 7) is 5.26. The Morgan fingerprint density at radius 1 is 0.957 bits per heavy atom. The zero-order chi connectivity index (χ0) is 16.1. The number of anilines is 1. The first-order valence-electron chi connectivity index (χ1n) is 8.03. The molecule has 1 heterocycles. The largest absolute Gasteiger partial charge is 0.497 e. The molecule has 2 aromatic carbocycles. The third-order valence-electron chi connectivity index (χ3n) is 4.37. The molecule has 0 aromatic heterocycles. The number of alkyl halides is 1. The van der Waals surface area contributed by atoms with Crippen molar-refractivity contribution in [2.45, 2.75) is 12.4 Å². The van der Waals surface area contributed by atoms with Gasteiger partial charge < -0.3 is 9.64 Å². The summed E-state index contributed by atoms with van der Waals surface area (Å²) < 4.78 is 5.32. The van der Waals surface area contributed by atoms with Crippen molar-refractivity contribution in [1.29, 1.82) is 0 Å². The quantitative estimate of drug-likeness (QED) is 0.776. The van der Waals surface area contributed by atoms with Crippen LogP contribution in [0.3, 0.4) is 0 Å². The van der Waals surface area contributed by atoms with Crippen LogP contribution >= 0.6 is 11.6 Å². The zero-order valence-electron chi connectivity index (χ0n) is 13.5. The normalized spacial score (nSPS) is 15.7. The van der Waals surface area contributed by atoms with E-state index in [0.717, 1.165) is 38.5 Å². The Morgan fingerprint density at radius 2 is 1.65 bits per heavy atom. The molecule has 1 aliphatic heterocycles. The van der Waals surface area contributed by atoms with Crippen molar-refractivity contribution in [2.24, 2.45) is 0 Å². The van der Waals surface area contributed by atoms with E-state index in [-0.39, 0.29) is 0 Å². The fraction of sp³-hybridized carbons (Fsp3) is 0.368. The predicted molar refractivity (Wildman–Crippen MR) is 96.5 cm³/mol. The minimum atomic E-state index is 0.583. The first kappa shape index (κ1) is 16.2. The number of rotatable bonds is 5. The van der Waals surface area contributed by atoms with Crippen molar-refractivity contribution in [3.8, 4) is 5.75 Å². The standard InChI is InChI=1S/C19H23ClN2O/c1-23-19-4-2-3-18(13-19)22-11-9-21(10-12-22)15-17-7-5-16(14-20)6-8-17/h2-8,13H,9-12,14-15H2,1H3. The van der Waals surface area contributed by atoms with Gasteiger partial charge in [-0.2, -0.15) is 0 Å². The van der Waals surface area contributed by atoms with E-state index in [2.05, 4.69) is 52.3 Å². The van der Waals surface area contributed by atoms with Crippen LogP contribution in [0.15, 0.2) is 48.5 Å². The highest BCUT2D eigenvalue weighted by Gasteiger charge is 2.17. The lowest BCUT2D eigenvalue weighted by atomic mass is 10.1. The first-order valence-corrected chi connectivity index (χ1v) is 8.57. The van der Waals surface area contributed by atoms with E-state index >= 15 is 0 Å². The molecular weight excluding hydrogens is 308 g/mol. The van der Waals surface area contributed by atoms with Crippen LogP contribution in [-0.4, -0.2) is 38.2 Å². The average Bonchev–Trinajstić information content (AvgIpc) is 2.63. The average molecular weight is 331 g/mol. The van der Waals surface area contributed by atoms with Crippen LogP contribution in [0.25, 0.3) is 0 Å². The molecule has 0 N–H and O–H groups in total. The van der Waals surface area contributed by atoms with Gasteiger partial charge in [0.1, 0.15) is 5.75 Å². The number of benzene rings is 2. The second-order valence-corrected chi connectivity index (χ2v) is 6.18. The van der Waals surface area contributed by atoms with Gasteiger partial charge in [-0.05, 0) is 23.3 Å². The van der Waals surface area contributed by atoms with Crippen molar-refractivity contribution < 1.29 is 4.74 Å². The fourth-order valence-electron chi connectivity index (χ4n) is 2.96. The first-order chi connectivity index (χ1) is 11.3. The smallest absolute Gasteiger partial charge is 0.120 e. The van der Waals surface area contributed by atoms with Gasteiger partial charge in [-0.3, -0.25) is 4.90 Å². The number of methoxy groups -OCH3 is 1. The molecule has 4 heteroatoms. The van der Waals surface area contributed by atoms with Crippen LogP contribution in [0, 0.1) is 0 Å². The fourth-order valence-corrected chi connectivity index (χ4v) is 3.14. The van der Waals surface area contributed by atoms with E-state index in [4.69, 9.17) is 16.3 Å². The Balaban J connectivity index is 1.55. The van der Waals surface area contributed by atoms with Gasteiger partial charge in [0.05, 0.1) is 7.11 Å². The summed E-state index contributed by atoms with van der Waals surface area (Å²) in [7, 11) is 1.71. The molecule has 23 heavy (non-hydrogen) atoms. The Kier molecular flexibility index (Phi) is 5.42. The summed E-state index contributed by atoms with van der Waals surface area (Å²) in [5.41, 5.74) is 3.78. The third kappa shape index (κ3) is 4.18. The van der Waals surface area contributed by atoms with E-state index in [1.165, 1.54) is 16.8 Å². The lowest BCUT2D eigenvalue weighted by Crippen LogP contribution is -2.45. The lowest BCUT2D eigenvalue weighted by Gasteiger charge is -2.36. The summed E-state index contributed by atoms with van der Waals surface area (Å²) in [5, 5.41) is 0. The Bertz CT molecular complexity index is 622. The summed E-state index contributed by atoms with van der Waals surface area (Å²) in [5.74, 6) is 1.50. The van der Waals surface area contributed by atoms with Gasteiger partial charge in [0.2, 0.25) is 0 Å². The molecule has 1 aliphatic rings. The highest BCUT2D eigenvalue weighted by Crippen LogP contribution is 2.22. The van der Waals surface area contributed by atoms with Gasteiger partial charge in [-0.25, -0.2) is 0 Å². The number of nitrogens with zero attached hydrogens (tertiary/aromatic N) is 2. The predicted octanol–water partition coefficient (Wildman–Crippen LogP) is 3.76. The molecule has 1 fully saturated rings. The molecular formula is C19H23ClN2O. The van der Waals surface area contributed by atoms with Gasteiger partial charge in [0.25, 0.3) is 0 Å². The summed E-state index contributed by atoms with van der Waals surface area (Å²) in [6, 6.07) is 16.9. The van der Waals surface area contributed by atoms with Gasteiger partial charge in [0, 0.05) is 50.4 Å². The molecule has 0 aliphatic carbocycles. The Labute approximate surface area is 143 Å². The molecule has 3 rings (SSSR count). The van der Waals surface area contributed by atoms with Crippen molar-refractivity contribution >= 4 is 17.3 Å². The van der Waals surface area contributed by atoms with E-state index in [0.29, 0.717) is 5.88 Å². The van der Waals surface area contributed by atoms with Crippen LogP contribution in [-0.2, 0) is 12.4 Å². The molecule has 1 saturated heterocycles. The third-order valence-corrected chi connectivity index (χ3v) is 4.68. The van der Waals surface area contributed by atoms with Crippen molar-refractivity contribution in [1.82, 2.24) is 4.90 Å². The van der Waals surface area contributed by atoms with Crippen LogP contribution in [0.2, 0.25) is 0 Å². The van der Waals surface area contributed by atoms with Crippen molar-refractivity contribution in [3.05, 3.63) is 59.7 Å². The summed E-state index contributed by atoms with van der Waals surface area (Å²) in [6.07, 6.45) is 0. The second kappa shape index (κ2) is 7.71. The maximum atomic E-state index is 5.84. The molecule has 0 unspecified atom stereocenters. The zero-order valence-corrected chi connectivity index (χ0v) is 14.3. The maximum absolute atomic E-state index is 5.84. The molecule has 0 radical (unpaired) electrons. The molecule has 0 spiro atoms. The van der Waals surface area contributed by atoms with Crippen molar-refractivity contribution in [2.75, 3.05) is 38.2 Å². The highest BCUT2D eigenvalue weighted by atomic mass is 35.5. The topological polar surface area (TPSA) is 15.7 Å². The molecule has 2 aromatic rings. The van der Waals surface area contributed by atoms with Crippen LogP contribution < -0.4 is 9.64 Å². The minimum absolute atomic E-state index is 0.583. The van der Waals surface area contributed by atoms with Gasteiger partial charge in [0.15, 0.2) is 0 Å². The van der Waals surface area contributed by atoms with Crippen molar-refractivity contribution in [3.63, 3.8) is 0 Å². The second-order valence-electron chi connectivity index (χ2n) is 5.91. The molecule has 3 nitrogen and oxygen atoms in total. The Morgan fingerprint density at radius 3 is 2.30 bits per heavy atom. The van der Waals surface area contributed by atoms with Gasteiger partial charge in [-0.1, -0.05) is 30.3 Å². The SMILES string of the molecule is COc1cccc(N2CCN(Cc3ccc(CCl)cc3)CC2)c1. The van der Waals surface area contributed by atoms with E-state index in [9.17, 15) is 0 Å². The summed E-state index contributed by atoms with van der Waals surface area (Å²) in [4.78, 5) is 4.93. The Hall–Kier alpha value is -1.71.